The molecule has 8 heteroatoms. The van der Waals surface area contributed by atoms with Gasteiger partial charge in [-0.25, -0.2) is 8.78 Å². The van der Waals surface area contributed by atoms with Crippen LogP contribution in [0.3, 0.4) is 0 Å². The number of hydrogen-bond donors (Lipinski definition) is 3. The monoisotopic (exact) mass is 246 g/mol. The zero-order valence-corrected chi connectivity index (χ0v) is 9.61. The third kappa shape index (κ3) is 7.60. The normalized spacial score (nSPS) is 15.7. The lowest BCUT2D eigenvalue weighted by atomic mass is 10.1. The van der Waals surface area contributed by atoms with Crippen molar-refractivity contribution in [3.63, 3.8) is 0 Å². The van der Waals surface area contributed by atoms with E-state index in [2.05, 4.69) is 4.72 Å². The highest BCUT2D eigenvalue weighted by Gasteiger charge is 2.23. The average Bonchev–Trinajstić information content (AvgIpc) is 1.95. The van der Waals surface area contributed by atoms with Gasteiger partial charge >= 0.3 is 0 Å². The Labute approximate surface area is 88.1 Å². The van der Waals surface area contributed by atoms with E-state index in [0.29, 0.717) is 0 Å². The zero-order valence-electron chi connectivity index (χ0n) is 8.79. The first kappa shape index (κ1) is 14.7. The summed E-state index contributed by atoms with van der Waals surface area (Å²) in [5.41, 5.74) is -0.707. The van der Waals surface area contributed by atoms with Crippen LogP contribution in [-0.4, -0.2) is 38.1 Å². The third-order valence-corrected chi connectivity index (χ3v) is 2.64. The fourth-order valence-electron chi connectivity index (χ4n) is 0.723. The van der Waals surface area contributed by atoms with E-state index >= 15 is 0 Å². The van der Waals surface area contributed by atoms with Crippen LogP contribution in [-0.2, 0) is 10.2 Å². The summed E-state index contributed by atoms with van der Waals surface area (Å²) < 4.78 is 50.1. The molecule has 0 radical (unpaired) electrons. The van der Waals surface area contributed by atoms with E-state index in [1.54, 1.807) is 20.8 Å². The number of alkyl halides is 2. The fourth-order valence-corrected chi connectivity index (χ4v) is 1.99. The van der Waals surface area contributed by atoms with Crippen molar-refractivity contribution >= 4 is 10.2 Å². The highest BCUT2D eigenvalue weighted by Crippen LogP contribution is 2.02. The fraction of sp³-hybridized carbons (Fsp3) is 1.00. The molecule has 0 aliphatic heterocycles. The molecular formula is C7H16F2N2O3S. The Kier molecular flexibility index (Phi) is 5.04. The molecule has 92 valence electrons. The summed E-state index contributed by atoms with van der Waals surface area (Å²) in [6, 6.07) is 0. The van der Waals surface area contributed by atoms with Gasteiger partial charge in [-0.05, 0) is 20.8 Å². The SMILES string of the molecule is CC(C)(C)NS(=O)(=O)NCC(O)C(F)F. The molecule has 0 aliphatic carbocycles. The third-order valence-electron chi connectivity index (χ3n) is 1.21. The molecule has 0 heterocycles. The molecular weight excluding hydrogens is 230 g/mol. The Balaban J connectivity index is 4.18. The Morgan fingerprint density at radius 3 is 2.13 bits per heavy atom. The average molecular weight is 246 g/mol. The molecule has 0 bridgehead atoms. The smallest absolute Gasteiger partial charge is 0.277 e. The van der Waals surface area contributed by atoms with Crippen molar-refractivity contribution in [1.82, 2.24) is 9.44 Å². The first-order valence-corrected chi connectivity index (χ1v) is 5.76. The van der Waals surface area contributed by atoms with Gasteiger partial charge in [-0.1, -0.05) is 0 Å². The van der Waals surface area contributed by atoms with Crippen LogP contribution in [0.2, 0.25) is 0 Å². The lowest BCUT2D eigenvalue weighted by Gasteiger charge is -2.21. The molecule has 0 saturated carbocycles. The predicted molar refractivity (Wildman–Crippen MR) is 51.8 cm³/mol. The van der Waals surface area contributed by atoms with Gasteiger partial charge < -0.3 is 5.11 Å². The van der Waals surface area contributed by atoms with E-state index in [1.165, 1.54) is 0 Å². The van der Waals surface area contributed by atoms with Crippen molar-refractivity contribution in [3.8, 4) is 0 Å². The van der Waals surface area contributed by atoms with Crippen molar-refractivity contribution in [3.05, 3.63) is 0 Å². The number of hydrogen-bond acceptors (Lipinski definition) is 3. The van der Waals surface area contributed by atoms with E-state index in [1.807, 2.05) is 4.72 Å². The number of aliphatic hydroxyl groups is 1. The van der Waals surface area contributed by atoms with Crippen LogP contribution in [0.25, 0.3) is 0 Å². The Morgan fingerprint density at radius 2 is 1.80 bits per heavy atom. The molecule has 0 amide bonds. The lowest BCUT2D eigenvalue weighted by Crippen LogP contribution is -2.49. The minimum atomic E-state index is -3.86. The first-order valence-electron chi connectivity index (χ1n) is 4.28. The molecule has 0 aromatic carbocycles. The summed E-state index contributed by atoms with van der Waals surface area (Å²) in [5.74, 6) is 0. The molecule has 1 unspecified atom stereocenters. The summed E-state index contributed by atoms with van der Waals surface area (Å²) >= 11 is 0. The van der Waals surface area contributed by atoms with E-state index in [4.69, 9.17) is 5.11 Å². The van der Waals surface area contributed by atoms with Crippen molar-refractivity contribution in [2.24, 2.45) is 0 Å². The molecule has 0 saturated heterocycles. The van der Waals surface area contributed by atoms with Gasteiger partial charge in [0.2, 0.25) is 0 Å². The molecule has 5 nitrogen and oxygen atoms in total. The van der Waals surface area contributed by atoms with Gasteiger partial charge in [0, 0.05) is 12.1 Å². The number of rotatable bonds is 5. The maximum Gasteiger partial charge on any atom is 0.277 e. The van der Waals surface area contributed by atoms with Gasteiger partial charge in [0.25, 0.3) is 16.6 Å². The molecule has 1 atom stereocenters. The second kappa shape index (κ2) is 5.15. The van der Waals surface area contributed by atoms with Crippen LogP contribution >= 0.6 is 0 Å². The standard InChI is InChI=1S/C7H16F2N2O3S/c1-7(2,3)11-15(13,14)10-4-5(12)6(8)9/h5-6,10-12H,4H2,1-3H3. The zero-order chi connectivity index (χ0) is 12.3. The van der Waals surface area contributed by atoms with Gasteiger partial charge in [-0.3, -0.25) is 0 Å². The van der Waals surface area contributed by atoms with Crippen LogP contribution in [0.4, 0.5) is 8.78 Å². The van der Waals surface area contributed by atoms with Crippen molar-refractivity contribution in [2.45, 2.75) is 38.8 Å². The maximum atomic E-state index is 11.8. The number of aliphatic hydroxyl groups excluding tert-OH is 1. The summed E-state index contributed by atoms with van der Waals surface area (Å²) in [7, 11) is -3.86. The van der Waals surface area contributed by atoms with Crippen LogP contribution in [0.5, 0.6) is 0 Å². The van der Waals surface area contributed by atoms with Crippen LogP contribution in [0.15, 0.2) is 0 Å². The largest absolute Gasteiger partial charge is 0.386 e. The molecule has 15 heavy (non-hydrogen) atoms. The molecule has 0 fully saturated rings. The Hall–Kier alpha value is -0.310. The van der Waals surface area contributed by atoms with Gasteiger partial charge in [0.1, 0.15) is 6.10 Å². The molecule has 0 aromatic rings. The van der Waals surface area contributed by atoms with Crippen molar-refractivity contribution < 1.29 is 22.3 Å². The van der Waals surface area contributed by atoms with Crippen LogP contribution in [0.1, 0.15) is 20.8 Å². The van der Waals surface area contributed by atoms with Gasteiger partial charge in [0.05, 0.1) is 0 Å². The first-order chi connectivity index (χ1) is 6.53. The van der Waals surface area contributed by atoms with Crippen LogP contribution in [0, 0.1) is 0 Å². The highest BCUT2D eigenvalue weighted by atomic mass is 32.2. The predicted octanol–water partition coefficient (Wildman–Crippen LogP) is -0.165. The minimum absolute atomic E-state index is 0.707. The van der Waals surface area contributed by atoms with E-state index in [9.17, 15) is 17.2 Å². The lowest BCUT2D eigenvalue weighted by molar-refractivity contribution is -0.000507. The quantitative estimate of drug-likeness (QED) is 0.630. The Bertz CT molecular complexity index is 287. The topological polar surface area (TPSA) is 78.4 Å². The minimum Gasteiger partial charge on any atom is -0.386 e. The van der Waals surface area contributed by atoms with E-state index in [-0.39, 0.29) is 0 Å². The second-order valence-corrected chi connectivity index (χ2v) is 5.61. The molecule has 0 aromatic heterocycles. The molecule has 0 rings (SSSR count). The number of nitrogens with one attached hydrogen (secondary N) is 2. The Morgan fingerprint density at radius 1 is 1.33 bits per heavy atom. The maximum absolute atomic E-state index is 11.8. The number of halogens is 2. The van der Waals surface area contributed by atoms with Crippen molar-refractivity contribution in [2.75, 3.05) is 6.54 Å². The second-order valence-electron chi connectivity index (χ2n) is 4.11. The van der Waals surface area contributed by atoms with Gasteiger partial charge in [-0.2, -0.15) is 17.9 Å². The van der Waals surface area contributed by atoms with Gasteiger partial charge in [-0.15, -0.1) is 0 Å². The molecule has 3 N–H and O–H groups in total. The summed E-state index contributed by atoms with van der Waals surface area (Å²) in [5, 5.41) is 8.68. The summed E-state index contributed by atoms with van der Waals surface area (Å²) in [6.45, 7) is 4.10. The van der Waals surface area contributed by atoms with Crippen LogP contribution < -0.4 is 9.44 Å². The van der Waals surface area contributed by atoms with E-state index in [0.717, 1.165) is 0 Å². The van der Waals surface area contributed by atoms with E-state index < -0.39 is 34.8 Å². The summed E-state index contributed by atoms with van der Waals surface area (Å²) in [6.07, 6.45) is -4.97. The van der Waals surface area contributed by atoms with Gasteiger partial charge in [0.15, 0.2) is 0 Å². The van der Waals surface area contributed by atoms with Crippen molar-refractivity contribution in [1.29, 1.82) is 0 Å². The molecule has 0 spiro atoms. The molecule has 0 aliphatic rings. The summed E-state index contributed by atoms with van der Waals surface area (Å²) in [4.78, 5) is 0. The highest BCUT2D eigenvalue weighted by molar-refractivity contribution is 7.87.